The topological polar surface area (TPSA) is 32.8 Å². The van der Waals surface area contributed by atoms with Crippen molar-refractivity contribution in [1.29, 1.82) is 0 Å². The summed E-state index contributed by atoms with van der Waals surface area (Å²) in [5.41, 5.74) is 1.29. The number of rotatable bonds is 6. The Morgan fingerprint density at radius 1 is 1.36 bits per heavy atom. The molecule has 1 aliphatic heterocycles. The Morgan fingerprint density at radius 2 is 2.09 bits per heavy atom. The first-order chi connectivity index (χ1) is 10.6. The molecule has 0 radical (unpaired) electrons. The van der Waals surface area contributed by atoms with Crippen molar-refractivity contribution in [3.63, 3.8) is 0 Å². The zero-order valence-corrected chi connectivity index (χ0v) is 14.0. The van der Waals surface area contributed by atoms with Crippen LogP contribution in [0.4, 0.5) is 0 Å². The van der Waals surface area contributed by atoms with Gasteiger partial charge in [0.25, 0.3) is 0 Å². The highest BCUT2D eigenvalue weighted by Crippen LogP contribution is 2.21. The van der Waals surface area contributed by atoms with E-state index < -0.39 is 0 Å². The normalized spacial score (nSPS) is 16.1. The average molecular weight is 304 g/mol. The average Bonchev–Trinajstić information content (AvgIpc) is 2.55. The highest BCUT2D eigenvalue weighted by molar-refractivity contribution is 5.73. The van der Waals surface area contributed by atoms with Gasteiger partial charge in [-0.25, -0.2) is 0 Å². The Balaban J connectivity index is 1.99. The third-order valence-electron chi connectivity index (χ3n) is 4.46. The lowest BCUT2D eigenvalue weighted by atomic mass is 10.0. The predicted octanol–water partition coefficient (Wildman–Crippen LogP) is 2.92. The maximum Gasteiger partial charge on any atom is 0.219 e. The van der Waals surface area contributed by atoms with E-state index in [-0.39, 0.29) is 5.91 Å². The molecule has 0 aliphatic carbocycles. The van der Waals surface area contributed by atoms with Crippen molar-refractivity contribution >= 4 is 5.91 Å². The number of hydrogen-bond donors (Lipinski definition) is 0. The Morgan fingerprint density at radius 3 is 2.68 bits per heavy atom. The molecular weight excluding hydrogens is 276 g/mol. The molecule has 1 saturated heterocycles. The van der Waals surface area contributed by atoms with Gasteiger partial charge in [0.15, 0.2) is 0 Å². The number of carbonyl (C=O) groups excluding carboxylic acids is 1. The zero-order valence-electron chi connectivity index (χ0n) is 14.0. The maximum absolute atomic E-state index is 11.5. The molecule has 1 fully saturated rings. The van der Waals surface area contributed by atoms with Crippen LogP contribution in [0.25, 0.3) is 0 Å². The van der Waals surface area contributed by atoms with Crippen molar-refractivity contribution in [1.82, 2.24) is 9.80 Å². The molecule has 2 rings (SSSR count). The van der Waals surface area contributed by atoms with Crippen molar-refractivity contribution < 1.29 is 9.53 Å². The molecule has 1 aromatic carbocycles. The minimum atomic E-state index is 0.202. The number of nitrogens with zero attached hydrogens (tertiary/aromatic N) is 2. The number of carbonyl (C=O) groups is 1. The van der Waals surface area contributed by atoms with Gasteiger partial charge in [0.1, 0.15) is 5.75 Å². The van der Waals surface area contributed by atoms with E-state index in [1.165, 1.54) is 5.56 Å². The lowest BCUT2D eigenvalue weighted by molar-refractivity contribution is -0.130. The molecule has 0 unspecified atom stereocenters. The Labute approximate surface area is 134 Å². The summed E-state index contributed by atoms with van der Waals surface area (Å²) in [6, 6.07) is 8.89. The van der Waals surface area contributed by atoms with E-state index in [0.29, 0.717) is 6.04 Å². The van der Waals surface area contributed by atoms with Gasteiger partial charge in [0, 0.05) is 32.6 Å². The summed E-state index contributed by atoms with van der Waals surface area (Å²) in [6.07, 6.45) is 3.30. The van der Waals surface area contributed by atoms with Gasteiger partial charge in [0.05, 0.1) is 7.11 Å². The summed E-state index contributed by atoms with van der Waals surface area (Å²) >= 11 is 0. The van der Waals surface area contributed by atoms with Crippen molar-refractivity contribution in [2.75, 3.05) is 26.7 Å². The molecule has 0 N–H and O–H groups in total. The van der Waals surface area contributed by atoms with Gasteiger partial charge in [-0.15, -0.1) is 0 Å². The molecule has 1 heterocycles. The van der Waals surface area contributed by atoms with Crippen LogP contribution in [0.15, 0.2) is 24.3 Å². The third-order valence-corrected chi connectivity index (χ3v) is 4.46. The smallest absolute Gasteiger partial charge is 0.219 e. The second-order valence-corrected chi connectivity index (χ2v) is 6.06. The maximum atomic E-state index is 11.5. The van der Waals surface area contributed by atoms with E-state index >= 15 is 0 Å². The summed E-state index contributed by atoms with van der Waals surface area (Å²) in [5.74, 6) is 1.12. The van der Waals surface area contributed by atoms with Crippen LogP contribution in [0.2, 0.25) is 0 Å². The van der Waals surface area contributed by atoms with Gasteiger partial charge in [-0.2, -0.15) is 0 Å². The molecule has 22 heavy (non-hydrogen) atoms. The third kappa shape index (κ3) is 4.47. The second-order valence-electron chi connectivity index (χ2n) is 6.06. The summed E-state index contributed by atoms with van der Waals surface area (Å²) < 4.78 is 5.32. The summed E-state index contributed by atoms with van der Waals surface area (Å²) in [5, 5.41) is 0. The Kier molecular flexibility index (Phi) is 6.25. The number of piperidine rings is 1. The standard InChI is InChI=1S/C18H28N2O2/c1-4-10-20(14-16-6-5-7-18(13-16)22-3)17-8-11-19(12-9-17)15(2)21/h5-7,13,17H,4,8-12,14H2,1-3H3. The van der Waals surface area contributed by atoms with Crippen LogP contribution in [0.3, 0.4) is 0 Å². The van der Waals surface area contributed by atoms with E-state index in [0.717, 1.165) is 51.2 Å². The summed E-state index contributed by atoms with van der Waals surface area (Å²) in [4.78, 5) is 16.0. The Bertz CT molecular complexity index is 482. The van der Waals surface area contributed by atoms with E-state index in [1.807, 2.05) is 11.0 Å². The van der Waals surface area contributed by atoms with Crippen LogP contribution < -0.4 is 4.74 Å². The van der Waals surface area contributed by atoms with Crippen molar-refractivity contribution in [3.05, 3.63) is 29.8 Å². The highest BCUT2D eigenvalue weighted by atomic mass is 16.5. The van der Waals surface area contributed by atoms with Crippen molar-refractivity contribution in [2.45, 2.75) is 45.7 Å². The molecule has 0 saturated carbocycles. The van der Waals surface area contributed by atoms with E-state index in [2.05, 4.69) is 30.0 Å². The molecule has 1 aliphatic rings. The first-order valence-electron chi connectivity index (χ1n) is 8.26. The molecular formula is C18H28N2O2. The molecule has 4 nitrogen and oxygen atoms in total. The summed E-state index contributed by atoms with van der Waals surface area (Å²) in [7, 11) is 1.71. The molecule has 0 bridgehead atoms. The van der Waals surface area contributed by atoms with Gasteiger partial charge in [-0.1, -0.05) is 19.1 Å². The SMILES string of the molecule is CCCN(Cc1cccc(OC)c1)C1CCN(C(C)=O)CC1. The van der Waals surface area contributed by atoms with Crippen LogP contribution in [0.1, 0.15) is 38.7 Å². The fraction of sp³-hybridized carbons (Fsp3) is 0.611. The zero-order chi connectivity index (χ0) is 15.9. The first kappa shape index (κ1) is 16.8. The number of hydrogen-bond acceptors (Lipinski definition) is 3. The number of amides is 1. The van der Waals surface area contributed by atoms with Crippen LogP contribution in [0, 0.1) is 0 Å². The van der Waals surface area contributed by atoms with E-state index in [1.54, 1.807) is 14.0 Å². The van der Waals surface area contributed by atoms with E-state index in [9.17, 15) is 4.79 Å². The fourth-order valence-electron chi connectivity index (χ4n) is 3.23. The second kappa shape index (κ2) is 8.18. The monoisotopic (exact) mass is 304 g/mol. The molecule has 0 spiro atoms. The van der Waals surface area contributed by atoms with Crippen LogP contribution >= 0.6 is 0 Å². The predicted molar refractivity (Wildman–Crippen MR) is 89.0 cm³/mol. The number of benzene rings is 1. The van der Waals surface area contributed by atoms with Gasteiger partial charge >= 0.3 is 0 Å². The van der Waals surface area contributed by atoms with Crippen molar-refractivity contribution in [2.24, 2.45) is 0 Å². The molecule has 122 valence electrons. The Hall–Kier alpha value is -1.55. The van der Waals surface area contributed by atoms with Gasteiger partial charge in [0.2, 0.25) is 5.91 Å². The van der Waals surface area contributed by atoms with Crippen LogP contribution in [-0.2, 0) is 11.3 Å². The fourth-order valence-corrected chi connectivity index (χ4v) is 3.23. The number of methoxy groups -OCH3 is 1. The van der Waals surface area contributed by atoms with Gasteiger partial charge < -0.3 is 9.64 Å². The molecule has 1 amide bonds. The molecule has 0 atom stereocenters. The van der Waals surface area contributed by atoms with Gasteiger partial charge in [-0.05, 0) is 43.5 Å². The van der Waals surface area contributed by atoms with Crippen LogP contribution in [0.5, 0.6) is 5.75 Å². The lowest BCUT2D eigenvalue weighted by Crippen LogP contribution is -2.46. The first-order valence-corrected chi connectivity index (χ1v) is 8.26. The minimum absolute atomic E-state index is 0.202. The quantitative estimate of drug-likeness (QED) is 0.810. The molecule has 4 heteroatoms. The molecule has 0 aromatic heterocycles. The van der Waals surface area contributed by atoms with Crippen LogP contribution in [-0.4, -0.2) is 48.5 Å². The minimum Gasteiger partial charge on any atom is -0.497 e. The summed E-state index contributed by atoms with van der Waals surface area (Å²) in [6.45, 7) is 7.72. The lowest BCUT2D eigenvalue weighted by Gasteiger charge is -2.38. The number of likely N-dealkylation sites (tertiary alicyclic amines) is 1. The van der Waals surface area contributed by atoms with Crippen molar-refractivity contribution in [3.8, 4) is 5.75 Å². The number of ether oxygens (including phenoxy) is 1. The highest BCUT2D eigenvalue weighted by Gasteiger charge is 2.25. The molecule has 1 aromatic rings. The van der Waals surface area contributed by atoms with E-state index in [4.69, 9.17) is 4.74 Å². The van der Waals surface area contributed by atoms with Gasteiger partial charge in [-0.3, -0.25) is 9.69 Å². The largest absolute Gasteiger partial charge is 0.497 e.